The monoisotopic (exact) mass is 328 g/mol. The predicted octanol–water partition coefficient (Wildman–Crippen LogP) is 2.67. The van der Waals surface area contributed by atoms with E-state index in [-0.39, 0.29) is 17.9 Å². The lowest BCUT2D eigenvalue weighted by Crippen LogP contribution is -2.39. The molecular formula is C19H28N4O. The van der Waals surface area contributed by atoms with Gasteiger partial charge in [-0.05, 0) is 25.5 Å². The van der Waals surface area contributed by atoms with Gasteiger partial charge in [-0.3, -0.25) is 9.69 Å². The summed E-state index contributed by atoms with van der Waals surface area (Å²) in [6, 6.07) is 8.33. The molecule has 0 aliphatic heterocycles. The molecule has 0 radical (unpaired) electrons. The van der Waals surface area contributed by atoms with Crippen molar-refractivity contribution < 1.29 is 4.79 Å². The third kappa shape index (κ3) is 4.93. The molecule has 1 unspecified atom stereocenters. The van der Waals surface area contributed by atoms with Gasteiger partial charge in [0.1, 0.15) is 5.82 Å². The number of carbonyl (C=O) groups is 1. The maximum atomic E-state index is 12.4. The van der Waals surface area contributed by atoms with Gasteiger partial charge in [0.15, 0.2) is 0 Å². The van der Waals surface area contributed by atoms with Crippen molar-refractivity contribution in [1.82, 2.24) is 19.8 Å². The zero-order valence-electron chi connectivity index (χ0n) is 15.3. The molecule has 1 amide bonds. The fourth-order valence-corrected chi connectivity index (χ4v) is 2.73. The van der Waals surface area contributed by atoms with Crippen molar-refractivity contribution in [3.63, 3.8) is 0 Å². The van der Waals surface area contributed by atoms with Crippen LogP contribution in [0.25, 0.3) is 0 Å². The van der Waals surface area contributed by atoms with E-state index in [4.69, 9.17) is 0 Å². The normalized spacial score (nSPS) is 12.6. The first kappa shape index (κ1) is 18.2. The Bertz CT molecular complexity index is 660. The highest BCUT2D eigenvalue weighted by Gasteiger charge is 2.22. The van der Waals surface area contributed by atoms with E-state index >= 15 is 0 Å². The molecule has 0 spiro atoms. The lowest BCUT2D eigenvalue weighted by atomic mass is 10.0. The number of aryl methyl sites for hydroxylation is 2. The van der Waals surface area contributed by atoms with Gasteiger partial charge in [-0.15, -0.1) is 0 Å². The number of nitrogens with zero attached hydrogens (tertiary/aromatic N) is 3. The van der Waals surface area contributed by atoms with E-state index in [2.05, 4.69) is 55.3 Å². The first-order valence-corrected chi connectivity index (χ1v) is 8.37. The van der Waals surface area contributed by atoms with Crippen LogP contribution in [0.2, 0.25) is 0 Å². The third-order valence-electron chi connectivity index (χ3n) is 4.11. The van der Waals surface area contributed by atoms with Crippen molar-refractivity contribution in [2.75, 3.05) is 13.6 Å². The van der Waals surface area contributed by atoms with Gasteiger partial charge in [0, 0.05) is 26.0 Å². The van der Waals surface area contributed by atoms with Gasteiger partial charge in [-0.1, -0.05) is 43.7 Å². The first-order chi connectivity index (χ1) is 11.4. The molecule has 0 fully saturated rings. The molecular weight excluding hydrogens is 300 g/mol. The summed E-state index contributed by atoms with van der Waals surface area (Å²) in [7, 11) is 3.91. The van der Waals surface area contributed by atoms with Crippen LogP contribution in [-0.4, -0.2) is 34.0 Å². The molecule has 0 saturated heterocycles. The standard InChI is InChI=1S/C19H28N4O/c1-14(2)18(19-20-10-11-23(19)5)21-17(24)13-22(4)12-16-8-6-15(3)7-9-16/h6-11,14,18H,12-13H2,1-5H3,(H,21,24). The highest BCUT2D eigenvalue weighted by Crippen LogP contribution is 2.19. The highest BCUT2D eigenvalue weighted by atomic mass is 16.2. The number of imidazole rings is 1. The molecule has 5 heteroatoms. The number of carbonyl (C=O) groups excluding carboxylic acids is 1. The minimum absolute atomic E-state index is 0.0197. The van der Waals surface area contributed by atoms with Gasteiger partial charge in [0.25, 0.3) is 0 Å². The molecule has 1 N–H and O–H groups in total. The summed E-state index contributed by atoms with van der Waals surface area (Å²) in [5.74, 6) is 1.18. The van der Waals surface area contributed by atoms with Crippen LogP contribution >= 0.6 is 0 Å². The minimum atomic E-state index is -0.0784. The van der Waals surface area contributed by atoms with Crippen molar-refractivity contribution in [2.45, 2.75) is 33.4 Å². The van der Waals surface area contributed by atoms with Gasteiger partial charge in [-0.25, -0.2) is 4.98 Å². The molecule has 0 saturated carbocycles. The number of hydrogen-bond donors (Lipinski definition) is 1. The van der Waals surface area contributed by atoms with Gasteiger partial charge < -0.3 is 9.88 Å². The van der Waals surface area contributed by atoms with Crippen LogP contribution < -0.4 is 5.32 Å². The molecule has 2 aromatic rings. The molecule has 24 heavy (non-hydrogen) atoms. The maximum absolute atomic E-state index is 12.4. The minimum Gasteiger partial charge on any atom is -0.345 e. The Labute approximate surface area is 144 Å². The number of benzene rings is 1. The van der Waals surface area contributed by atoms with E-state index in [1.165, 1.54) is 11.1 Å². The molecule has 1 aromatic carbocycles. The van der Waals surface area contributed by atoms with Crippen molar-refractivity contribution in [1.29, 1.82) is 0 Å². The van der Waals surface area contributed by atoms with E-state index < -0.39 is 0 Å². The number of likely N-dealkylation sites (N-methyl/N-ethyl adjacent to an activating group) is 1. The summed E-state index contributed by atoms with van der Waals surface area (Å²) in [5, 5.41) is 3.12. The second-order valence-electron chi connectivity index (χ2n) is 6.84. The zero-order chi connectivity index (χ0) is 17.7. The van der Waals surface area contributed by atoms with Crippen LogP contribution in [0.3, 0.4) is 0 Å². The number of rotatable bonds is 7. The molecule has 0 aliphatic carbocycles. The molecule has 130 valence electrons. The summed E-state index contributed by atoms with van der Waals surface area (Å²) in [5.41, 5.74) is 2.45. The average Bonchev–Trinajstić information content (AvgIpc) is 2.92. The van der Waals surface area contributed by atoms with Gasteiger partial charge in [0.05, 0.1) is 12.6 Å². The van der Waals surface area contributed by atoms with Crippen molar-refractivity contribution in [3.05, 3.63) is 53.6 Å². The summed E-state index contributed by atoms with van der Waals surface area (Å²) in [6.45, 7) is 7.37. The summed E-state index contributed by atoms with van der Waals surface area (Å²) in [6.07, 6.45) is 3.67. The molecule has 0 aliphatic rings. The fourth-order valence-electron chi connectivity index (χ4n) is 2.73. The maximum Gasteiger partial charge on any atom is 0.234 e. The quantitative estimate of drug-likeness (QED) is 0.850. The molecule has 5 nitrogen and oxygen atoms in total. The van der Waals surface area contributed by atoms with Gasteiger partial charge in [0.2, 0.25) is 5.91 Å². The summed E-state index contributed by atoms with van der Waals surface area (Å²) < 4.78 is 1.96. The number of nitrogens with one attached hydrogen (secondary N) is 1. The number of aromatic nitrogens is 2. The van der Waals surface area contributed by atoms with E-state index in [0.29, 0.717) is 6.54 Å². The Morgan fingerprint density at radius 2 is 1.96 bits per heavy atom. The fraction of sp³-hybridized carbons (Fsp3) is 0.474. The first-order valence-electron chi connectivity index (χ1n) is 8.37. The molecule has 0 bridgehead atoms. The second kappa shape index (κ2) is 8.11. The van der Waals surface area contributed by atoms with Crippen LogP contribution in [0.4, 0.5) is 0 Å². The summed E-state index contributed by atoms with van der Waals surface area (Å²) in [4.78, 5) is 18.8. The lowest BCUT2D eigenvalue weighted by molar-refractivity contribution is -0.123. The van der Waals surface area contributed by atoms with E-state index in [9.17, 15) is 4.79 Å². The largest absolute Gasteiger partial charge is 0.345 e. The third-order valence-corrected chi connectivity index (χ3v) is 4.11. The zero-order valence-corrected chi connectivity index (χ0v) is 15.3. The van der Waals surface area contributed by atoms with E-state index in [1.807, 2.05) is 29.8 Å². The Hall–Kier alpha value is -2.14. The van der Waals surface area contributed by atoms with E-state index in [0.717, 1.165) is 12.4 Å². The molecule has 1 aromatic heterocycles. The molecule has 1 atom stereocenters. The van der Waals surface area contributed by atoms with Crippen LogP contribution in [0.1, 0.15) is 36.8 Å². The smallest absolute Gasteiger partial charge is 0.234 e. The molecule has 2 rings (SSSR count). The van der Waals surface area contributed by atoms with Gasteiger partial charge in [-0.2, -0.15) is 0 Å². The highest BCUT2D eigenvalue weighted by molar-refractivity contribution is 5.78. The number of amides is 1. The van der Waals surface area contributed by atoms with E-state index in [1.54, 1.807) is 6.20 Å². The van der Waals surface area contributed by atoms with Crippen LogP contribution in [0.5, 0.6) is 0 Å². The van der Waals surface area contributed by atoms with Gasteiger partial charge >= 0.3 is 0 Å². The Balaban J connectivity index is 1.93. The Morgan fingerprint density at radius 1 is 1.29 bits per heavy atom. The van der Waals surface area contributed by atoms with Crippen LogP contribution in [0.15, 0.2) is 36.7 Å². The predicted molar refractivity (Wildman–Crippen MR) is 96.4 cm³/mol. The lowest BCUT2D eigenvalue weighted by Gasteiger charge is -2.24. The average molecular weight is 328 g/mol. The molecule has 1 heterocycles. The topological polar surface area (TPSA) is 50.2 Å². The van der Waals surface area contributed by atoms with Crippen molar-refractivity contribution in [2.24, 2.45) is 13.0 Å². The summed E-state index contributed by atoms with van der Waals surface area (Å²) >= 11 is 0. The SMILES string of the molecule is Cc1ccc(CN(C)CC(=O)NC(c2nccn2C)C(C)C)cc1. The van der Waals surface area contributed by atoms with Crippen LogP contribution in [-0.2, 0) is 18.4 Å². The second-order valence-corrected chi connectivity index (χ2v) is 6.84. The Kier molecular flexibility index (Phi) is 6.15. The van der Waals surface area contributed by atoms with Crippen molar-refractivity contribution in [3.8, 4) is 0 Å². The van der Waals surface area contributed by atoms with Crippen molar-refractivity contribution >= 4 is 5.91 Å². The van der Waals surface area contributed by atoms with Crippen LogP contribution in [0, 0.1) is 12.8 Å². The Morgan fingerprint density at radius 3 is 2.50 bits per heavy atom. The number of hydrogen-bond acceptors (Lipinski definition) is 3.